The van der Waals surface area contributed by atoms with Crippen LogP contribution < -0.4 is 4.74 Å². The monoisotopic (exact) mass is 294 g/mol. The van der Waals surface area contributed by atoms with Crippen LogP contribution >= 0.6 is 22.9 Å². The molecule has 0 amide bonds. The zero-order valence-electron chi connectivity index (χ0n) is 11.1. The molecule has 2 rings (SSSR count). The number of carbonyl (C=O) groups excluding carboxylic acids is 1. The average Bonchev–Trinajstić information content (AvgIpc) is 2.80. The van der Waals surface area contributed by atoms with Crippen LogP contribution in [0.15, 0.2) is 24.3 Å². The van der Waals surface area contributed by atoms with Crippen molar-refractivity contribution < 1.29 is 9.53 Å². The van der Waals surface area contributed by atoms with E-state index >= 15 is 0 Å². The van der Waals surface area contributed by atoms with Gasteiger partial charge in [-0.25, -0.2) is 0 Å². The smallest absolute Gasteiger partial charge is 0.181 e. The van der Waals surface area contributed by atoms with E-state index in [2.05, 4.69) is 13.8 Å². The predicted molar refractivity (Wildman–Crippen MR) is 80.1 cm³/mol. The van der Waals surface area contributed by atoms with Gasteiger partial charge in [-0.15, -0.1) is 0 Å². The van der Waals surface area contributed by atoms with Crippen molar-refractivity contribution in [3.63, 3.8) is 0 Å². The van der Waals surface area contributed by atoms with Gasteiger partial charge >= 0.3 is 0 Å². The number of hydrogen-bond donors (Lipinski definition) is 0. The van der Waals surface area contributed by atoms with Crippen LogP contribution in [0, 0.1) is 6.92 Å². The minimum Gasteiger partial charge on any atom is -0.446 e. The molecule has 0 aliphatic carbocycles. The molecule has 0 spiro atoms. The van der Waals surface area contributed by atoms with Crippen LogP contribution in [0.4, 0.5) is 0 Å². The molecule has 2 nitrogen and oxygen atoms in total. The molecule has 0 aliphatic rings. The molecule has 0 unspecified atom stereocenters. The Morgan fingerprint density at radius 2 is 2.05 bits per heavy atom. The van der Waals surface area contributed by atoms with Crippen molar-refractivity contribution in [1.29, 1.82) is 0 Å². The van der Waals surface area contributed by atoms with Crippen LogP contribution in [-0.4, -0.2) is 6.29 Å². The molecule has 0 saturated heterocycles. The van der Waals surface area contributed by atoms with Crippen molar-refractivity contribution in [3.05, 3.63) is 45.3 Å². The van der Waals surface area contributed by atoms with Crippen LogP contribution in [0.1, 0.15) is 40.6 Å². The molecule has 19 heavy (non-hydrogen) atoms. The number of thiophene rings is 1. The van der Waals surface area contributed by atoms with E-state index in [1.54, 1.807) is 12.1 Å². The van der Waals surface area contributed by atoms with Crippen molar-refractivity contribution in [3.8, 4) is 10.8 Å². The maximum absolute atomic E-state index is 10.7. The van der Waals surface area contributed by atoms with E-state index in [4.69, 9.17) is 16.3 Å². The van der Waals surface area contributed by atoms with Gasteiger partial charge in [0.1, 0.15) is 5.75 Å². The highest BCUT2D eigenvalue weighted by molar-refractivity contribution is 7.15. The van der Waals surface area contributed by atoms with Crippen molar-refractivity contribution >= 4 is 29.2 Å². The third-order valence-electron chi connectivity index (χ3n) is 2.85. The standard InChI is InChI=1S/C15H15ClO2S/c1-9(2)12-7-14(10(3)6-13(12)16)18-15-5-4-11(8-17)19-15/h4-9H,1-3H3. The Morgan fingerprint density at radius 1 is 1.32 bits per heavy atom. The molecule has 1 aromatic heterocycles. The molecular weight excluding hydrogens is 280 g/mol. The van der Waals surface area contributed by atoms with E-state index in [1.807, 2.05) is 19.1 Å². The number of benzene rings is 1. The van der Waals surface area contributed by atoms with E-state index < -0.39 is 0 Å². The lowest BCUT2D eigenvalue weighted by Crippen LogP contribution is -1.93. The summed E-state index contributed by atoms with van der Waals surface area (Å²) in [6.07, 6.45) is 0.825. The normalized spacial score (nSPS) is 10.8. The first-order valence-electron chi connectivity index (χ1n) is 6.04. The van der Waals surface area contributed by atoms with Gasteiger partial charge in [0, 0.05) is 5.02 Å². The lowest BCUT2D eigenvalue weighted by molar-refractivity contribution is 0.112. The minimum absolute atomic E-state index is 0.337. The fourth-order valence-electron chi connectivity index (χ4n) is 1.78. The molecule has 100 valence electrons. The van der Waals surface area contributed by atoms with Crippen molar-refractivity contribution in [1.82, 2.24) is 0 Å². The molecule has 0 N–H and O–H groups in total. The van der Waals surface area contributed by atoms with Crippen molar-refractivity contribution in [2.24, 2.45) is 0 Å². The third-order valence-corrected chi connectivity index (χ3v) is 4.06. The molecule has 2 aromatic rings. The second kappa shape index (κ2) is 5.76. The topological polar surface area (TPSA) is 26.3 Å². The Hall–Kier alpha value is -1.32. The van der Waals surface area contributed by atoms with Gasteiger partial charge in [-0.05, 0) is 48.2 Å². The fraction of sp³-hybridized carbons (Fsp3) is 0.267. The number of rotatable bonds is 4. The predicted octanol–water partition coefficient (Wildman–Crippen LogP) is 5.44. The number of aryl methyl sites for hydroxylation is 1. The van der Waals surface area contributed by atoms with E-state index in [0.717, 1.165) is 28.2 Å². The summed E-state index contributed by atoms with van der Waals surface area (Å²) in [4.78, 5) is 11.3. The maximum Gasteiger partial charge on any atom is 0.181 e. The van der Waals surface area contributed by atoms with Crippen molar-refractivity contribution in [2.75, 3.05) is 0 Å². The third kappa shape index (κ3) is 3.17. The zero-order chi connectivity index (χ0) is 14.0. The first-order chi connectivity index (χ1) is 9.01. The van der Waals surface area contributed by atoms with Crippen LogP contribution in [0.25, 0.3) is 0 Å². The lowest BCUT2D eigenvalue weighted by Gasteiger charge is -2.13. The molecule has 1 heterocycles. The van der Waals surface area contributed by atoms with Crippen LogP contribution in [-0.2, 0) is 0 Å². The summed E-state index contributed by atoms with van der Waals surface area (Å²) in [5, 5.41) is 1.47. The zero-order valence-corrected chi connectivity index (χ0v) is 12.6. The van der Waals surface area contributed by atoms with Gasteiger partial charge < -0.3 is 4.74 Å². The summed E-state index contributed by atoms with van der Waals surface area (Å²) in [6.45, 7) is 6.14. The second-order valence-corrected chi connectivity index (χ2v) is 6.16. The Morgan fingerprint density at radius 3 is 2.63 bits per heavy atom. The van der Waals surface area contributed by atoms with Gasteiger partial charge in [0.25, 0.3) is 0 Å². The van der Waals surface area contributed by atoms with Gasteiger partial charge in [0.05, 0.1) is 4.88 Å². The van der Waals surface area contributed by atoms with E-state index in [1.165, 1.54) is 11.3 Å². The summed E-state index contributed by atoms with van der Waals surface area (Å²) in [7, 11) is 0. The Bertz CT molecular complexity index is 602. The molecule has 0 bridgehead atoms. The number of carbonyl (C=O) groups is 1. The van der Waals surface area contributed by atoms with Crippen LogP contribution in [0.3, 0.4) is 0 Å². The molecule has 0 atom stereocenters. The molecule has 0 fully saturated rings. The summed E-state index contributed by atoms with van der Waals surface area (Å²) in [6, 6.07) is 7.45. The van der Waals surface area contributed by atoms with Crippen molar-refractivity contribution in [2.45, 2.75) is 26.7 Å². The highest BCUT2D eigenvalue weighted by atomic mass is 35.5. The van der Waals surface area contributed by atoms with Gasteiger partial charge in [0.15, 0.2) is 11.3 Å². The Kier molecular flexibility index (Phi) is 4.27. The molecule has 0 radical (unpaired) electrons. The summed E-state index contributed by atoms with van der Waals surface area (Å²) < 4.78 is 5.84. The molecule has 1 aromatic carbocycles. The number of aldehydes is 1. The largest absolute Gasteiger partial charge is 0.446 e. The van der Waals surface area contributed by atoms with Gasteiger partial charge in [-0.3, -0.25) is 4.79 Å². The first kappa shape index (κ1) is 14.1. The fourth-order valence-corrected chi connectivity index (χ4v) is 2.90. The van der Waals surface area contributed by atoms with E-state index in [0.29, 0.717) is 15.9 Å². The summed E-state index contributed by atoms with van der Waals surface area (Å²) in [5.41, 5.74) is 2.05. The maximum atomic E-state index is 10.7. The Balaban J connectivity index is 2.33. The average molecular weight is 295 g/mol. The van der Waals surface area contributed by atoms with Gasteiger partial charge in [0.2, 0.25) is 0 Å². The van der Waals surface area contributed by atoms with E-state index in [9.17, 15) is 4.79 Å². The lowest BCUT2D eigenvalue weighted by atomic mass is 10.0. The van der Waals surface area contributed by atoms with Crippen LogP contribution in [0.2, 0.25) is 5.02 Å². The first-order valence-corrected chi connectivity index (χ1v) is 7.23. The molecular formula is C15H15ClO2S. The number of halogens is 1. The van der Waals surface area contributed by atoms with Gasteiger partial charge in [-0.2, -0.15) is 0 Å². The Labute approximate surface area is 122 Å². The SMILES string of the molecule is Cc1cc(Cl)c(C(C)C)cc1Oc1ccc(C=O)s1. The number of ether oxygens (including phenoxy) is 1. The minimum atomic E-state index is 0.337. The number of hydrogen-bond acceptors (Lipinski definition) is 3. The van der Waals surface area contributed by atoms with Crippen LogP contribution in [0.5, 0.6) is 10.8 Å². The quantitative estimate of drug-likeness (QED) is 0.702. The molecule has 0 aliphatic heterocycles. The van der Waals surface area contributed by atoms with Gasteiger partial charge in [-0.1, -0.05) is 36.8 Å². The molecule has 4 heteroatoms. The highest BCUT2D eigenvalue weighted by Gasteiger charge is 2.11. The van der Waals surface area contributed by atoms with E-state index in [-0.39, 0.29) is 0 Å². The summed E-state index contributed by atoms with van der Waals surface area (Å²) in [5.74, 6) is 1.12. The molecule has 0 saturated carbocycles. The highest BCUT2D eigenvalue weighted by Crippen LogP contribution is 2.35. The summed E-state index contributed by atoms with van der Waals surface area (Å²) >= 11 is 7.56. The second-order valence-electron chi connectivity index (χ2n) is 4.67.